The number of hydrogen-bond acceptors (Lipinski definition) is 3. The number of aromatic nitrogens is 2. The molecule has 0 N–H and O–H groups in total. The van der Waals surface area contributed by atoms with E-state index in [2.05, 4.69) is 21.4 Å². The Kier molecular flexibility index (Phi) is 4.24. The topological polar surface area (TPSA) is 44.3 Å². The predicted molar refractivity (Wildman–Crippen MR) is 103 cm³/mol. The van der Waals surface area contributed by atoms with Gasteiger partial charge in [0.1, 0.15) is 11.9 Å². The van der Waals surface area contributed by atoms with E-state index in [1.807, 2.05) is 18.2 Å². The van der Waals surface area contributed by atoms with Gasteiger partial charge in [0, 0.05) is 19.0 Å². The summed E-state index contributed by atoms with van der Waals surface area (Å²) in [6.45, 7) is 1.35. The van der Waals surface area contributed by atoms with Gasteiger partial charge in [0.15, 0.2) is 5.65 Å². The van der Waals surface area contributed by atoms with Crippen LogP contribution >= 0.6 is 12.4 Å². The molecule has 0 saturated carbocycles. The van der Waals surface area contributed by atoms with Crippen LogP contribution in [0, 0.1) is 17.2 Å². The van der Waals surface area contributed by atoms with E-state index in [1.165, 1.54) is 5.56 Å². The molecule has 1 aromatic carbocycles. The zero-order valence-corrected chi connectivity index (χ0v) is 15.2. The molecule has 5 rings (SSSR count). The van der Waals surface area contributed by atoms with Crippen LogP contribution in [-0.2, 0) is 12.8 Å². The van der Waals surface area contributed by atoms with Gasteiger partial charge in [-0.3, -0.25) is 8.79 Å². The first-order valence-corrected chi connectivity index (χ1v) is 8.97. The maximum absolute atomic E-state index is 13.2. The Morgan fingerprint density at radius 3 is 2.81 bits per heavy atom. The number of hydrogen-bond donors (Lipinski definition) is 0. The van der Waals surface area contributed by atoms with Crippen molar-refractivity contribution in [3.05, 3.63) is 41.0 Å². The minimum atomic E-state index is -0.261. The van der Waals surface area contributed by atoms with E-state index in [0.29, 0.717) is 5.56 Å². The number of pyridine rings is 1. The van der Waals surface area contributed by atoms with Crippen molar-refractivity contribution < 1.29 is 4.39 Å². The fraction of sp³-hybridized carbons (Fsp3) is 0.400. The van der Waals surface area contributed by atoms with Crippen LogP contribution in [0.15, 0.2) is 24.3 Å². The van der Waals surface area contributed by atoms with Gasteiger partial charge in [-0.1, -0.05) is 12.1 Å². The summed E-state index contributed by atoms with van der Waals surface area (Å²) in [4.78, 5) is 7.09. The van der Waals surface area contributed by atoms with Gasteiger partial charge in [-0.15, -0.1) is 12.4 Å². The Morgan fingerprint density at radius 2 is 2.04 bits per heavy atom. The lowest BCUT2D eigenvalue weighted by atomic mass is 10.1. The minimum Gasteiger partial charge on any atom is -0.357 e. The van der Waals surface area contributed by atoms with Crippen molar-refractivity contribution in [1.82, 2.24) is 9.38 Å². The highest BCUT2D eigenvalue weighted by atomic mass is 35.5. The molecule has 1 atom stereocenters. The Labute approximate surface area is 157 Å². The number of rotatable bonds is 2. The largest absolute Gasteiger partial charge is 0.357 e. The summed E-state index contributed by atoms with van der Waals surface area (Å²) in [5.74, 6) is 1.25. The lowest BCUT2D eigenvalue weighted by molar-refractivity contribution is 0.384. The molecule has 26 heavy (non-hydrogen) atoms. The minimum absolute atomic E-state index is 0. The van der Waals surface area contributed by atoms with E-state index in [9.17, 15) is 9.65 Å². The predicted octanol–water partition coefficient (Wildman–Crippen LogP) is 4.07. The molecular weight excluding hydrogens is 351 g/mol. The first kappa shape index (κ1) is 17.1. The number of imidazole rings is 1. The SMILES string of the molecule is Cl.N#Cc1c2c(c(N3CCC(CF)C3)n3c1nc1ccccc13)CCC2. The quantitative estimate of drug-likeness (QED) is 0.683. The van der Waals surface area contributed by atoms with Gasteiger partial charge in [0.25, 0.3) is 0 Å². The van der Waals surface area contributed by atoms with Crippen LogP contribution in [-0.4, -0.2) is 29.1 Å². The van der Waals surface area contributed by atoms with Crippen LogP contribution in [0.4, 0.5) is 10.2 Å². The van der Waals surface area contributed by atoms with Gasteiger partial charge in [0.2, 0.25) is 0 Å². The monoisotopic (exact) mass is 370 g/mol. The first-order chi connectivity index (χ1) is 12.3. The van der Waals surface area contributed by atoms with Crippen molar-refractivity contribution >= 4 is 34.9 Å². The number of alkyl halides is 1. The highest BCUT2D eigenvalue weighted by molar-refractivity contribution is 5.86. The Balaban J connectivity index is 0.00000168. The van der Waals surface area contributed by atoms with Crippen LogP contribution < -0.4 is 4.90 Å². The molecule has 6 heteroatoms. The van der Waals surface area contributed by atoms with Gasteiger partial charge >= 0.3 is 0 Å². The normalized spacial score (nSPS) is 18.9. The molecule has 1 fully saturated rings. The second-order valence-electron chi connectivity index (χ2n) is 7.14. The molecule has 0 amide bonds. The molecular formula is C20H20ClFN4. The maximum atomic E-state index is 13.2. The standard InChI is InChI=1S/C20H19FN4.ClH/c21-10-13-8-9-24(12-13)20-15-5-3-4-14(15)16(11-22)19-23-17-6-1-2-7-18(17)25(19)20;/h1-2,6-7,13H,3-5,8-10,12H2;1H. The average Bonchev–Trinajstić information content (AvgIpc) is 3.37. The van der Waals surface area contributed by atoms with Crippen molar-refractivity contribution in [2.75, 3.05) is 24.7 Å². The molecule has 134 valence electrons. The Hall–Kier alpha value is -2.32. The van der Waals surface area contributed by atoms with E-state index in [-0.39, 0.29) is 25.0 Å². The maximum Gasteiger partial charge on any atom is 0.157 e. The van der Waals surface area contributed by atoms with Crippen molar-refractivity contribution in [1.29, 1.82) is 5.26 Å². The van der Waals surface area contributed by atoms with E-state index in [1.54, 1.807) is 0 Å². The third-order valence-corrected chi connectivity index (χ3v) is 5.70. The Bertz CT molecular complexity index is 1040. The molecule has 1 saturated heterocycles. The number of benzene rings is 1. The van der Waals surface area contributed by atoms with E-state index in [0.717, 1.165) is 66.8 Å². The number of nitrogens with zero attached hydrogens (tertiary/aromatic N) is 4. The summed E-state index contributed by atoms with van der Waals surface area (Å²) in [7, 11) is 0. The van der Waals surface area contributed by atoms with E-state index in [4.69, 9.17) is 4.98 Å². The number of fused-ring (bicyclic) bond motifs is 4. The van der Waals surface area contributed by atoms with Crippen molar-refractivity contribution in [2.45, 2.75) is 25.7 Å². The molecule has 3 heterocycles. The number of para-hydroxylation sites is 2. The van der Waals surface area contributed by atoms with Crippen LogP contribution in [0.25, 0.3) is 16.7 Å². The molecule has 2 aromatic heterocycles. The highest BCUT2D eigenvalue weighted by Crippen LogP contribution is 2.39. The van der Waals surface area contributed by atoms with Gasteiger partial charge in [-0.2, -0.15) is 5.26 Å². The van der Waals surface area contributed by atoms with Gasteiger partial charge < -0.3 is 4.90 Å². The van der Waals surface area contributed by atoms with Gasteiger partial charge in [-0.05, 0) is 48.9 Å². The summed E-state index contributed by atoms with van der Waals surface area (Å²) in [5, 5.41) is 9.79. The van der Waals surface area contributed by atoms with Crippen LogP contribution in [0.1, 0.15) is 29.5 Å². The zero-order chi connectivity index (χ0) is 17.0. The lowest BCUT2D eigenvalue weighted by Gasteiger charge is -2.24. The second kappa shape index (κ2) is 6.44. The number of nitriles is 1. The lowest BCUT2D eigenvalue weighted by Crippen LogP contribution is -2.24. The summed E-state index contributed by atoms with van der Waals surface area (Å²) in [6.07, 6.45) is 3.88. The van der Waals surface area contributed by atoms with Crippen molar-refractivity contribution in [2.24, 2.45) is 5.92 Å². The molecule has 0 bridgehead atoms. The van der Waals surface area contributed by atoms with Gasteiger partial charge in [-0.25, -0.2) is 4.98 Å². The summed E-state index contributed by atoms with van der Waals surface area (Å²) < 4.78 is 15.3. The fourth-order valence-electron chi connectivity index (χ4n) is 4.55. The molecule has 4 nitrogen and oxygen atoms in total. The highest BCUT2D eigenvalue weighted by Gasteiger charge is 2.31. The van der Waals surface area contributed by atoms with Crippen LogP contribution in [0.3, 0.4) is 0 Å². The van der Waals surface area contributed by atoms with E-state index < -0.39 is 0 Å². The van der Waals surface area contributed by atoms with Gasteiger partial charge in [0.05, 0.1) is 23.3 Å². The van der Waals surface area contributed by atoms with Crippen LogP contribution in [0.5, 0.6) is 0 Å². The molecule has 1 aliphatic carbocycles. The fourth-order valence-corrected chi connectivity index (χ4v) is 4.55. The van der Waals surface area contributed by atoms with Crippen molar-refractivity contribution in [3.63, 3.8) is 0 Å². The Morgan fingerprint density at radius 1 is 1.23 bits per heavy atom. The second-order valence-corrected chi connectivity index (χ2v) is 7.14. The third-order valence-electron chi connectivity index (χ3n) is 5.70. The zero-order valence-electron chi connectivity index (χ0n) is 14.4. The molecule has 0 spiro atoms. The molecule has 3 aromatic rings. The molecule has 1 unspecified atom stereocenters. The number of anilines is 1. The molecule has 2 aliphatic rings. The number of halogens is 2. The smallest absolute Gasteiger partial charge is 0.157 e. The summed E-state index contributed by atoms with van der Waals surface area (Å²) in [5.41, 5.74) is 5.83. The van der Waals surface area contributed by atoms with Crippen LogP contribution in [0.2, 0.25) is 0 Å². The average molecular weight is 371 g/mol. The molecule has 1 aliphatic heterocycles. The first-order valence-electron chi connectivity index (χ1n) is 8.97. The molecule has 0 radical (unpaired) electrons. The van der Waals surface area contributed by atoms with E-state index >= 15 is 0 Å². The summed E-state index contributed by atoms with van der Waals surface area (Å²) in [6, 6.07) is 10.4. The summed E-state index contributed by atoms with van der Waals surface area (Å²) >= 11 is 0. The third kappa shape index (κ3) is 2.29. The van der Waals surface area contributed by atoms with Crippen molar-refractivity contribution in [3.8, 4) is 6.07 Å².